The van der Waals surface area contributed by atoms with Crippen LogP contribution in [0.5, 0.6) is 0 Å². The number of nitrogens with zero attached hydrogens (tertiary/aromatic N) is 1. The lowest BCUT2D eigenvalue weighted by molar-refractivity contribution is -0.0904. The number of aryl methyl sites for hydroxylation is 1. The van der Waals surface area contributed by atoms with Crippen molar-refractivity contribution in [2.24, 2.45) is 0 Å². The number of ether oxygens (including phenoxy) is 1. The van der Waals surface area contributed by atoms with Crippen molar-refractivity contribution in [2.45, 2.75) is 57.3 Å². The summed E-state index contributed by atoms with van der Waals surface area (Å²) in [5.74, 6) is 0. The van der Waals surface area contributed by atoms with E-state index in [4.69, 9.17) is 4.74 Å². The van der Waals surface area contributed by atoms with Gasteiger partial charge in [-0.15, -0.1) is 0 Å². The van der Waals surface area contributed by atoms with E-state index in [-0.39, 0.29) is 6.10 Å². The molecule has 1 saturated carbocycles. The Balaban J connectivity index is 1.58. The van der Waals surface area contributed by atoms with E-state index >= 15 is 0 Å². The summed E-state index contributed by atoms with van der Waals surface area (Å²) in [6.07, 6.45) is 5.99. The van der Waals surface area contributed by atoms with Crippen LogP contribution in [0.2, 0.25) is 0 Å². The summed E-state index contributed by atoms with van der Waals surface area (Å²) in [4.78, 5) is 2.55. The van der Waals surface area contributed by atoms with Crippen LogP contribution in [-0.2, 0) is 4.74 Å². The molecule has 1 aliphatic carbocycles. The third kappa shape index (κ3) is 3.47. The van der Waals surface area contributed by atoms with Gasteiger partial charge in [-0.1, -0.05) is 37.1 Å². The molecule has 1 heterocycles. The van der Waals surface area contributed by atoms with Crippen LogP contribution in [0.1, 0.15) is 49.3 Å². The molecule has 2 fully saturated rings. The number of morpholine rings is 1. The van der Waals surface area contributed by atoms with Crippen LogP contribution in [0.15, 0.2) is 24.3 Å². The van der Waals surface area contributed by atoms with E-state index in [1.54, 1.807) is 0 Å². The fraction of sp³-hybridized carbons (Fsp3) is 0.667. The molecular weight excluding hydrogens is 262 g/mol. The Morgan fingerprint density at radius 3 is 2.95 bits per heavy atom. The molecule has 1 saturated heterocycles. The number of fused-ring (bicyclic) bond motifs is 1. The molecule has 3 atom stereocenters. The Morgan fingerprint density at radius 2 is 2.10 bits per heavy atom. The Kier molecular flexibility index (Phi) is 4.94. The first-order valence-electron chi connectivity index (χ1n) is 8.35. The minimum Gasteiger partial charge on any atom is -0.388 e. The zero-order valence-corrected chi connectivity index (χ0v) is 13.0. The Labute approximate surface area is 127 Å². The molecule has 1 aliphatic heterocycles. The van der Waals surface area contributed by atoms with E-state index in [2.05, 4.69) is 17.9 Å². The first-order valence-corrected chi connectivity index (χ1v) is 8.35. The molecule has 0 spiro atoms. The van der Waals surface area contributed by atoms with Crippen LogP contribution in [0.25, 0.3) is 0 Å². The number of rotatable bonds is 4. The molecule has 21 heavy (non-hydrogen) atoms. The van der Waals surface area contributed by atoms with E-state index in [9.17, 15) is 5.11 Å². The van der Waals surface area contributed by atoms with Gasteiger partial charge in [-0.05, 0) is 37.3 Å². The lowest BCUT2D eigenvalue weighted by Gasteiger charge is -2.44. The van der Waals surface area contributed by atoms with Crippen LogP contribution in [0.4, 0.5) is 0 Å². The molecule has 3 nitrogen and oxygen atoms in total. The molecule has 0 amide bonds. The van der Waals surface area contributed by atoms with Crippen LogP contribution >= 0.6 is 0 Å². The Morgan fingerprint density at radius 1 is 1.29 bits per heavy atom. The van der Waals surface area contributed by atoms with Gasteiger partial charge in [-0.2, -0.15) is 0 Å². The van der Waals surface area contributed by atoms with E-state index < -0.39 is 0 Å². The zero-order chi connectivity index (χ0) is 14.7. The SMILES string of the molecule is Cc1ccccc1C(O)CCN1CCOC2CCCCC21. The third-order valence-electron chi connectivity index (χ3n) is 5.08. The van der Waals surface area contributed by atoms with Gasteiger partial charge in [-0.3, -0.25) is 4.90 Å². The molecule has 1 aromatic carbocycles. The molecule has 0 aromatic heterocycles. The van der Waals surface area contributed by atoms with Crippen molar-refractivity contribution in [3.05, 3.63) is 35.4 Å². The van der Waals surface area contributed by atoms with Crippen LogP contribution in [0.3, 0.4) is 0 Å². The normalized spacial score (nSPS) is 28.1. The lowest BCUT2D eigenvalue weighted by Crippen LogP contribution is -2.52. The molecule has 3 heteroatoms. The van der Waals surface area contributed by atoms with E-state index in [1.807, 2.05) is 18.2 Å². The Hall–Kier alpha value is -0.900. The maximum absolute atomic E-state index is 10.5. The highest BCUT2D eigenvalue weighted by Gasteiger charge is 2.34. The van der Waals surface area contributed by atoms with Crippen molar-refractivity contribution in [1.29, 1.82) is 0 Å². The second-order valence-corrected chi connectivity index (χ2v) is 6.46. The first-order chi connectivity index (χ1) is 10.3. The summed E-state index contributed by atoms with van der Waals surface area (Å²) in [5.41, 5.74) is 2.26. The fourth-order valence-electron chi connectivity index (χ4n) is 3.86. The lowest BCUT2D eigenvalue weighted by atomic mass is 9.90. The molecule has 3 rings (SSSR count). The van der Waals surface area contributed by atoms with Gasteiger partial charge in [-0.25, -0.2) is 0 Å². The molecule has 0 radical (unpaired) electrons. The van der Waals surface area contributed by atoms with Crippen LogP contribution in [0, 0.1) is 6.92 Å². The quantitative estimate of drug-likeness (QED) is 0.924. The van der Waals surface area contributed by atoms with Gasteiger partial charge in [0.15, 0.2) is 0 Å². The standard InChI is InChI=1S/C18H27NO2/c1-14-6-2-3-7-15(14)17(20)10-11-19-12-13-21-18-9-5-4-8-16(18)19/h2-3,6-7,16-18,20H,4-5,8-13H2,1H3. The topological polar surface area (TPSA) is 32.7 Å². The summed E-state index contributed by atoms with van der Waals surface area (Å²) in [6, 6.07) is 8.74. The van der Waals surface area contributed by atoms with E-state index in [0.29, 0.717) is 12.1 Å². The Bertz CT molecular complexity index is 460. The van der Waals surface area contributed by atoms with E-state index in [1.165, 1.54) is 31.2 Å². The second kappa shape index (κ2) is 6.91. The molecule has 116 valence electrons. The number of aliphatic hydroxyl groups excluding tert-OH is 1. The third-order valence-corrected chi connectivity index (χ3v) is 5.08. The van der Waals surface area contributed by atoms with Gasteiger partial charge in [0.2, 0.25) is 0 Å². The minimum atomic E-state index is -0.351. The summed E-state index contributed by atoms with van der Waals surface area (Å²) in [5, 5.41) is 10.5. The molecule has 1 N–H and O–H groups in total. The zero-order valence-electron chi connectivity index (χ0n) is 13.0. The minimum absolute atomic E-state index is 0.351. The average Bonchev–Trinajstić information content (AvgIpc) is 2.53. The fourth-order valence-corrected chi connectivity index (χ4v) is 3.86. The van der Waals surface area contributed by atoms with Gasteiger partial charge in [0.25, 0.3) is 0 Å². The van der Waals surface area contributed by atoms with Gasteiger partial charge in [0.1, 0.15) is 0 Å². The number of benzene rings is 1. The van der Waals surface area contributed by atoms with Crippen molar-refractivity contribution in [2.75, 3.05) is 19.7 Å². The summed E-state index contributed by atoms with van der Waals surface area (Å²) in [6.45, 7) is 4.91. The van der Waals surface area contributed by atoms with Gasteiger partial charge in [0.05, 0.1) is 18.8 Å². The highest BCUT2D eigenvalue weighted by Crippen LogP contribution is 2.29. The van der Waals surface area contributed by atoms with Crippen molar-refractivity contribution in [3.63, 3.8) is 0 Å². The highest BCUT2D eigenvalue weighted by molar-refractivity contribution is 5.27. The monoisotopic (exact) mass is 289 g/mol. The van der Waals surface area contributed by atoms with E-state index in [0.717, 1.165) is 31.7 Å². The number of hydrogen-bond donors (Lipinski definition) is 1. The highest BCUT2D eigenvalue weighted by atomic mass is 16.5. The van der Waals surface area contributed by atoms with Gasteiger partial charge >= 0.3 is 0 Å². The number of hydrogen-bond acceptors (Lipinski definition) is 3. The molecular formula is C18H27NO2. The van der Waals surface area contributed by atoms with Crippen LogP contribution in [-0.4, -0.2) is 41.8 Å². The molecule has 0 bridgehead atoms. The molecule has 1 aromatic rings. The predicted molar refractivity (Wildman–Crippen MR) is 84.3 cm³/mol. The first kappa shape index (κ1) is 15.0. The van der Waals surface area contributed by atoms with Crippen molar-refractivity contribution in [1.82, 2.24) is 4.90 Å². The summed E-state index contributed by atoms with van der Waals surface area (Å²) in [7, 11) is 0. The van der Waals surface area contributed by atoms with Crippen molar-refractivity contribution in [3.8, 4) is 0 Å². The number of aliphatic hydroxyl groups is 1. The van der Waals surface area contributed by atoms with Gasteiger partial charge < -0.3 is 9.84 Å². The molecule has 3 unspecified atom stereocenters. The molecule has 2 aliphatic rings. The average molecular weight is 289 g/mol. The summed E-state index contributed by atoms with van der Waals surface area (Å²) < 4.78 is 5.92. The maximum atomic E-state index is 10.5. The van der Waals surface area contributed by atoms with Crippen LogP contribution < -0.4 is 0 Å². The van der Waals surface area contributed by atoms with Crippen molar-refractivity contribution >= 4 is 0 Å². The largest absolute Gasteiger partial charge is 0.388 e. The smallest absolute Gasteiger partial charge is 0.0804 e. The maximum Gasteiger partial charge on any atom is 0.0804 e. The second-order valence-electron chi connectivity index (χ2n) is 6.46. The van der Waals surface area contributed by atoms with Gasteiger partial charge in [0, 0.05) is 19.1 Å². The van der Waals surface area contributed by atoms with Crippen molar-refractivity contribution < 1.29 is 9.84 Å². The predicted octanol–water partition coefficient (Wildman–Crippen LogP) is 3.06. The summed E-state index contributed by atoms with van der Waals surface area (Å²) >= 11 is 0.